The van der Waals surface area contributed by atoms with Crippen LogP contribution in [0.3, 0.4) is 0 Å². The number of aliphatic carboxylic acids is 1. The number of carboxylic acids is 1. The standard InChI is InChI=1S/C16H19N5O3/c1-16(14(22)23)5-7-21(10-16)15(24)19-12-4-3-6-17-13(12)11-8-18-20(2)9-11/h3-4,6,8-9H,5,7,10H2,1-2H3,(H,19,24)(H,22,23). The Labute approximate surface area is 139 Å². The molecule has 0 radical (unpaired) electrons. The summed E-state index contributed by atoms with van der Waals surface area (Å²) in [6, 6.07) is 3.18. The van der Waals surface area contributed by atoms with Gasteiger partial charge in [-0.25, -0.2) is 4.79 Å². The molecule has 1 unspecified atom stereocenters. The van der Waals surface area contributed by atoms with Gasteiger partial charge >= 0.3 is 12.0 Å². The summed E-state index contributed by atoms with van der Waals surface area (Å²) in [6.07, 6.45) is 5.58. The van der Waals surface area contributed by atoms with E-state index in [1.54, 1.807) is 36.1 Å². The van der Waals surface area contributed by atoms with Crippen LogP contribution in [0.15, 0.2) is 30.7 Å². The van der Waals surface area contributed by atoms with E-state index in [2.05, 4.69) is 15.4 Å². The summed E-state index contributed by atoms with van der Waals surface area (Å²) in [5.41, 5.74) is 1.10. The quantitative estimate of drug-likeness (QED) is 0.894. The molecule has 0 aliphatic carbocycles. The van der Waals surface area contributed by atoms with Crippen LogP contribution in [0.4, 0.5) is 10.5 Å². The maximum atomic E-state index is 12.5. The van der Waals surface area contributed by atoms with Crippen LogP contribution in [0, 0.1) is 5.41 Å². The van der Waals surface area contributed by atoms with Gasteiger partial charge in [-0.2, -0.15) is 5.10 Å². The Morgan fingerprint density at radius 2 is 2.21 bits per heavy atom. The molecule has 0 bridgehead atoms. The average Bonchev–Trinajstić information content (AvgIpc) is 3.15. The van der Waals surface area contributed by atoms with Crippen LogP contribution in [-0.4, -0.2) is 49.9 Å². The van der Waals surface area contributed by atoms with Gasteiger partial charge in [0.1, 0.15) is 0 Å². The molecule has 0 saturated carbocycles. The summed E-state index contributed by atoms with van der Waals surface area (Å²) in [6.45, 7) is 2.27. The Bertz CT molecular complexity index is 788. The monoisotopic (exact) mass is 329 g/mol. The molecule has 0 spiro atoms. The zero-order chi connectivity index (χ0) is 17.3. The van der Waals surface area contributed by atoms with Gasteiger partial charge in [-0.05, 0) is 25.5 Å². The van der Waals surface area contributed by atoms with Crippen molar-refractivity contribution in [1.29, 1.82) is 0 Å². The third-order valence-electron chi connectivity index (χ3n) is 4.30. The minimum absolute atomic E-state index is 0.191. The fraction of sp³-hybridized carbons (Fsp3) is 0.375. The molecule has 3 heterocycles. The van der Waals surface area contributed by atoms with Crippen molar-refractivity contribution in [2.75, 3.05) is 18.4 Å². The van der Waals surface area contributed by atoms with Crippen LogP contribution in [0.2, 0.25) is 0 Å². The summed E-state index contributed by atoms with van der Waals surface area (Å²) >= 11 is 0. The van der Waals surface area contributed by atoms with Gasteiger partial charge in [0.25, 0.3) is 0 Å². The number of urea groups is 1. The molecular weight excluding hydrogens is 310 g/mol. The van der Waals surface area contributed by atoms with Crippen molar-refractivity contribution in [3.05, 3.63) is 30.7 Å². The average molecular weight is 329 g/mol. The van der Waals surface area contributed by atoms with E-state index < -0.39 is 11.4 Å². The van der Waals surface area contributed by atoms with Crippen molar-refractivity contribution >= 4 is 17.7 Å². The summed E-state index contributed by atoms with van der Waals surface area (Å²) in [7, 11) is 1.81. The van der Waals surface area contributed by atoms with E-state index in [0.29, 0.717) is 24.3 Å². The number of pyridine rings is 1. The molecule has 0 aromatic carbocycles. The molecule has 1 aliphatic rings. The first-order chi connectivity index (χ1) is 11.4. The van der Waals surface area contributed by atoms with Crippen molar-refractivity contribution in [2.24, 2.45) is 12.5 Å². The number of amides is 2. The van der Waals surface area contributed by atoms with Crippen LogP contribution >= 0.6 is 0 Å². The number of likely N-dealkylation sites (tertiary alicyclic amines) is 1. The maximum Gasteiger partial charge on any atom is 0.321 e. The van der Waals surface area contributed by atoms with Crippen molar-refractivity contribution in [3.8, 4) is 11.3 Å². The third-order valence-corrected chi connectivity index (χ3v) is 4.30. The summed E-state index contributed by atoms with van der Waals surface area (Å²) in [5.74, 6) is -0.879. The number of carboxylic acid groups (broad SMARTS) is 1. The van der Waals surface area contributed by atoms with Crippen molar-refractivity contribution < 1.29 is 14.7 Å². The molecular formula is C16H19N5O3. The minimum Gasteiger partial charge on any atom is -0.481 e. The number of carbonyl (C=O) groups is 2. The second kappa shape index (κ2) is 5.95. The number of carbonyl (C=O) groups excluding carboxylic acids is 1. The fourth-order valence-corrected chi connectivity index (χ4v) is 2.78. The van der Waals surface area contributed by atoms with Crippen LogP contribution in [0.1, 0.15) is 13.3 Å². The molecule has 3 rings (SSSR count). The molecule has 2 N–H and O–H groups in total. The first-order valence-corrected chi connectivity index (χ1v) is 7.62. The Balaban J connectivity index is 1.78. The summed E-state index contributed by atoms with van der Waals surface area (Å²) in [5, 5.41) is 16.2. The largest absolute Gasteiger partial charge is 0.481 e. The number of nitrogens with one attached hydrogen (secondary N) is 1. The van der Waals surface area contributed by atoms with E-state index >= 15 is 0 Å². The van der Waals surface area contributed by atoms with E-state index in [0.717, 1.165) is 5.56 Å². The topological polar surface area (TPSA) is 100 Å². The molecule has 24 heavy (non-hydrogen) atoms. The lowest BCUT2D eigenvalue weighted by Gasteiger charge is -2.21. The van der Waals surface area contributed by atoms with E-state index in [-0.39, 0.29) is 12.6 Å². The number of rotatable bonds is 3. The zero-order valence-electron chi connectivity index (χ0n) is 13.6. The normalized spacial score (nSPS) is 20.2. The highest BCUT2D eigenvalue weighted by atomic mass is 16.4. The molecule has 1 fully saturated rings. The van der Waals surface area contributed by atoms with Gasteiger partial charge < -0.3 is 15.3 Å². The molecule has 1 atom stereocenters. The maximum absolute atomic E-state index is 12.5. The predicted molar refractivity (Wildman–Crippen MR) is 87.4 cm³/mol. The van der Waals surface area contributed by atoms with Gasteiger partial charge in [-0.3, -0.25) is 14.5 Å². The Hall–Kier alpha value is -2.90. The third kappa shape index (κ3) is 2.94. The van der Waals surface area contributed by atoms with Gasteiger partial charge in [0.15, 0.2) is 0 Å². The van der Waals surface area contributed by atoms with E-state index in [9.17, 15) is 14.7 Å². The molecule has 8 heteroatoms. The highest BCUT2D eigenvalue weighted by Gasteiger charge is 2.42. The van der Waals surface area contributed by atoms with Crippen LogP contribution in [0.25, 0.3) is 11.3 Å². The number of nitrogens with zero attached hydrogens (tertiary/aromatic N) is 4. The summed E-state index contributed by atoms with van der Waals surface area (Å²) in [4.78, 5) is 29.6. The zero-order valence-corrected chi connectivity index (χ0v) is 13.6. The Kier molecular flexibility index (Phi) is 3.96. The predicted octanol–water partition coefficient (Wildman–Crippen LogP) is 1.81. The minimum atomic E-state index is -0.890. The van der Waals surface area contributed by atoms with Crippen molar-refractivity contribution in [2.45, 2.75) is 13.3 Å². The van der Waals surface area contributed by atoms with Gasteiger partial charge in [-0.15, -0.1) is 0 Å². The smallest absolute Gasteiger partial charge is 0.321 e. The van der Waals surface area contributed by atoms with E-state index in [4.69, 9.17) is 0 Å². The second-order valence-corrected chi connectivity index (χ2v) is 6.27. The van der Waals surface area contributed by atoms with Crippen LogP contribution < -0.4 is 5.32 Å². The van der Waals surface area contributed by atoms with Crippen molar-refractivity contribution in [3.63, 3.8) is 0 Å². The molecule has 2 aromatic rings. The van der Waals surface area contributed by atoms with Gasteiger partial charge in [-0.1, -0.05) is 0 Å². The number of anilines is 1. The summed E-state index contributed by atoms with van der Waals surface area (Å²) < 4.78 is 1.66. The first-order valence-electron chi connectivity index (χ1n) is 7.62. The number of aryl methyl sites for hydroxylation is 1. The number of hydrogen-bond donors (Lipinski definition) is 2. The highest BCUT2D eigenvalue weighted by molar-refractivity contribution is 5.94. The second-order valence-electron chi connectivity index (χ2n) is 6.27. The van der Waals surface area contributed by atoms with Gasteiger partial charge in [0.2, 0.25) is 0 Å². The van der Waals surface area contributed by atoms with Crippen molar-refractivity contribution in [1.82, 2.24) is 19.7 Å². The van der Waals surface area contributed by atoms with Gasteiger partial charge in [0, 0.05) is 38.1 Å². The number of aromatic nitrogens is 3. The van der Waals surface area contributed by atoms with E-state index in [1.165, 1.54) is 4.90 Å². The molecule has 126 valence electrons. The SMILES string of the molecule is Cn1cc(-c2ncccc2NC(=O)N2CCC(C)(C(=O)O)C2)cn1. The number of hydrogen-bond acceptors (Lipinski definition) is 4. The lowest BCUT2D eigenvalue weighted by Crippen LogP contribution is -2.37. The molecule has 2 amide bonds. The first kappa shape index (κ1) is 16.0. The van der Waals surface area contributed by atoms with E-state index in [1.807, 2.05) is 13.2 Å². The molecule has 1 saturated heterocycles. The fourth-order valence-electron chi connectivity index (χ4n) is 2.78. The molecule has 1 aliphatic heterocycles. The van der Waals surface area contributed by atoms with Gasteiger partial charge in [0.05, 0.1) is 23.0 Å². The van der Waals surface area contributed by atoms with Crippen LogP contribution in [-0.2, 0) is 11.8 Å². The lowest BCUT2D eigenvalue weighted by molar-refractivity contribution is -0.146. The lowest BCUT2D eigenvalue weighted by atomic mass is 9.90. The molecule has 2 aromatic heterocycles. The Morgan fingerprint density at radius 1 is 1.42 bits per heavy atom. The Morgan fingerprint density at radius 3 is 2.83 bits per heavy atom. The van der Waals surface area contributed by atoms with Crippen LogP contribution in [0.5, 0.6) is 0 Å². The highest BCUT2D eigenvalue weighted by Crippen LogP contribution is 2.31. The molecule has 8 nitrogen and oxygen atoms in total.